The fourth-order valence-corrected chi connectivity index (χ4v) is 3.46. The van der Waals surface area contributed by atoms with Gasteiger partial charge in [0.15, 0.2) is 0 Å². The van der Waals surface area contributed by atoms with Crippen LogP contribution in [0.2, 0.25) is 0 Å². The fraction of sp³-hybridized carbons (Fsp3) is 0.500. The summed E-state index contributed by atoms with van der Waals surface area (Å²) in [6, 6.07) is 7.53. The van der Waals surface area contributed by atoms with Crippen molar-refractivity contribution in [2.24, 2.45) is 0 Å². The SMILES string of the molecule is CC(CC#N)N(C)C(=O)c1ccc2c(c1)[nH]c(=O)n2C1CCCC1. The highest BCUT2D eigenvalue weighted by Crippen LogP contribution is 2.30. The van der Waals surface area contributed by atoms with Crippen molar-refractivity contribution in [3.05, 3.63) is 34.2 Å². The van der Waals surface area contributed by atoms with Crippen LogP contribution < -0.4 is 5.69 Å². The van der Waals surface area contributed by atoms with Gasteiger partial charge in [0, 0.05) is 24.7 Å². The third-order valence-electron chi connectivity index (χ3n) is 5.02. The molecule has 1 atom stereocenters. The second-order valence-corrected chi connectivity index (χ2v) is 6.60. The van der Waals surface area contributed by atoms with Crippen LogP contribution in [0.1, 0.15) is 55.4 Å². The highest BCUT2D eigenvalue weighted by atomic mass is 16.2. The molecule has 0 spiro atoms. The molecular formula is C18H22N4O2. The molecule has 1 N–H and O–H groups in total. The molecule has 1 aromatic heterocycles. The van der Waals surface area contributed by atoms with E-state index < -0.39 is 0 Å². The number of nitrogens with one attached hydrogen (secondary N) is 1. The van der Waals surface area contributed by atoms with Crippen LogP contribution in [-0.2, 0) is 0 Å². The number of aromatic nitrogens is 2. The van der Waals surface area contributed by atoms with E-state index in [1.165, 1.54) is 0 Å². The van der Waals surface area contributed by atoms with Crippen LogP contribution in [0.25, 0.3) is 11.0 Å². The van der Waals surface area contributed by atoms with Gasteiger partial charge in [0.1, 0.15) is 0 Å². The van der Waals surface area contributed by atoms with Gasteiger partial charge in [-0.1, -0.05) is 12.8 Å². The molecule has 0 saturated heterocycles. The number of nitriles is 1. The van der Waals surface area contributed by atoms with Crippen molar-refractivity contribution in [1.82, 2.24) is 14.5 Å². The summed E-state index contributed by atoms with van der Waals surface area (Å²) < 4.78 is 1.83. The van der Waals surface area contributed by atoms with Crippen molar-refractivity contribution >= 4 is 16.9 Å². The van der Waals surface area contributed by atoms with E-state index in [1.54, 1.807) is 24.1 Å². The van der Waals surface area contributed by atoms with Crippen LogP contribution in [0.3, 0.4) is 0 Å². The normalized spacial score (nSPS) is 16.2. The number of hydrogen-bond acceptors (Lipinski definition) is 3. The summed E-state index contributed by atoms with van der Waals surface area (Å²) in [5, 5.41) is 8.79. The Hall–Kier alpha value is -2.55. The van der Waals surface area contributed by atoms with Gasteiger partial charge in [-0.2, -0.15) is 5.26 Å². The first kappa shape index (κ1) is 16.3. The van der Waals surface area contributed by atoms with Crippen molar-refractivity contribution in [1.29, 1.82) is 5.26 Å². The molecular weight excluding hydrogens is 304 g/mol. The molecule has 0 bridgehead atoms. The Morgan fingerprint density at radius 3 is 2.83 bits per heavy atom. The highest BCUT2D eigenvalue weighted by molar-refractivity contribution is 5.97. The zero-order chi connectivity index (χ0) is 17.3. The van der Waals surface area contributed by atoms with E-state index in [0.29, 0.717) is 17.5 Å². The predicted molar refractivity (Wildman–Crippen MR) is 91.8 cm³/mol. The maximum Gasteiger partial charge on any atom is 0.326 e. The van der Waals surface area contributed by atoms with E-state index in [9.17, 15) is 9.59 Å². The number of aromatic amines is 1. The predicted octanol–water partition coefficient (Wildman–Crippen LogP) is 2.82. The lowest BCUT2D eigenvalue weighted by Gasteiger charge is -2.23. The molecule has 6 nitrogen and oxygen atoms in total. The Bertz CT molecular complexity index is 852. The number of hydrogen-bond donors (Lipinski definition) is 1. The van der Waals surface area contributed by atoms with Gasteiger partial charge in [0.05, 0.1) is 23.5 Å². The summed E-state index contributed by atoms with van der Waals surface area (Å²) >= 11 is 0. The van der Waals surface area contributed by atoms with Crippen LogP contribution >= 0.6 is 0 Å². The molecule has 0 radical (unpaired) electrons. The summed E-state index contributed by atoms with van der Waals surface area (Å²) in [6.07, 6.45) is 4.66. The number of amides is 1. The molecule has 3 rings (SSSR count). The number of carbonyl (C=O) groups is 1. The molecule has 0 aliphatic heterocycles. The topological polar surface area (TPSA) is 81.9 Å². The van der Waals surface area contributed by atoms with Crippen LogP contribution in [0.5, 0.6) is 0 Å². The van der Waals surface area contributed by atoms with E-state index in [-0.39, 0.29) is 23.7 Å². The van der Waals surface area contributed by atoms with E-state index in [0.717, 1.165) is 31.2 Å². The van der Waals surface area contributed by atoms with Crippen molar-refractivity contribution in [2.45, 2.75) is 51.1 Å². The molecule has 1 heterocycles. The molecule has 6 heteroatoms. The minimum Gasteiger partial charge on any atom is -0.338 e. The van der Waals surface area contributed by atoms with Gasteiger partial charge in [0.2, 0.25) is 0 Å². The average molecular weight is 326 g/mol. The lowest BCUT2D eigenvalue weighted by Crippen LogP contribution is -2.34. The molecule has 1 fully saturated rings. The minimum absolute atomic E-state index is 0.104. The molecule has 1 amide bonds. The third kappa shape index (κ3) is 2.82. The first-order chi connectivity index (χ1) is 11.5. The first-order valence-corrected chi connectivity index (χ1v) is 8.41. The van der Waals surface area contributed by atoms with Crippen LogP contribution in [0.4, 0.5) is 0 Å². The smallest absolute Gasteiger partial charge is 0.326 e. The highest BCUT2D eigenvalue weighted by Gasteiger charge is 2.22. The zero-order valence-corrected chi connectivity index (χ0v) is 14.1. The Balaban J connectivity index is 1.94. The van der Waals surface area contributed by atoms with E-state index in [2.05, 4.69) is 11.1 Å². The van der Waals surface area contributed by atoms with Crippen molar-refractivity contribution in [3.63, 3.8) is 0 Å². The second-order valence-electron chi connectivity index (χ2n) is 6.60. The minimum atomic E-state index is -0.152. The standard InChI is InChI=1S/C18H22N4O2/c1-12(9-10-19)21(2)17(23)13-7-8-16-15(11-13)20-18(24)22(16)14-5-3-4-6-14/h7-8,11-12,14H,3-6,9H2,1-2H3,(H,20,24). The number of H-pyrrole nitrogens is 1. The molecule has 1 saturated carbocycles. The van der Waals surface area contributed by atoms with Gasteiger partial charge in [-0.25, -0.2) is 4.79 Å². The number of imidazole rings is 1. The van der Waals surface area contributed by atoms with E-state index >= 15 is 0 Å². The lowest BCUT2D eigenvalue weighted by atomic mass is 10.1. The molecule has 126 valence electrons. The van der Waals surface area contributed by atoms with Gasteiger partial charge in [-0.05, 0) is 38.0 Å². The summed E-state index contributed by atoms with van der Waals surface area (Å²) in [4.78, 5) is 29.3. The molecule has 1 aliphatic rings. The summed E-state index contributed by atoms with van der Waals surface area (Å²) in [7, 11) is 1.70. The number of fused-ring (bicyclic) bond motifs is 1. The Morgan fingerprint density at radius 2 is 2.17 bits per heavy atom. The second kappa shape index (κ2) is 6.52. The lowest BCUT2D eigenvalue weighted by molar-refractivity contribution is 0.0746. The van der Waals surface area contributed by atoms with E-state index in [4.69, 9.17) is 5.26 Å². The van der Waals surface area contributed by atoms with Gasteiger partial charge in [-0.3, -0.25) is 9.36 Å². The molecule has 1 aliphatic carbocycles. The average Bonchev–Trinajstić information content (AvgIpc) is 3.19. The largest absolute Gasteiger partial charge is 0.338 e. The van der Waals surface area contributed by atoms with Gasteiger partial charge in [-0.15, -0.1) is 0 Å². The Labute approximate surface area is 140 Å². The first-order valence-electron chi connectivity index (χ1n) is 8.41. The maximum atomic E-state index is 12.6. The molecule has 1 unspecified atom stereocenters. The fourth-order valence-electron chi connectivity index (χ4n) is 3.46. The number of benzene rings is 1. The van der Waals surface area contributed by atoms with Crippen molar-refractivity contribution < 1.29 is 4.79 Å². The quantitative estimate of drug-likeness (QED) is 0.938. The van der Waals surface area contributed by atoms with Crippen molar-refractivity contribution in [2.75, 3.05) is 7.05 Å². The van der Waals surface area contributed by atoms with Gasteiger partial charge >= 0.3 is 5.69 Å². The molecule has 2 aromatic rings. The van der Waals surface area contributed by atoms with Crippen LogP contribution in [0.15, 0.2) is 23.0 Å². The molecule has 24 heavy (non-hydrogen) atoms. The number of nitrogens with zero attached hydrogens (tertiary/aromatic N) is 3. The summed E-state index contributed by atoms with van der Waals surface area (Å²) in [5.41, 5.74) is 1.97. The number of carbonyl (C=O) groups excluding carboxylic acids is 1. The van der Waals surface area contributed by atoms with Crippen LogP contribution in [0, 0.1) is 11.3 Å². The maximum absolute atomic E-state index is 12.6. The summed E-state index contributed by atoms with van der Waals surface area (Å²) in [5.74, 6) is -0.144. The monoisotopic (exact) mass is 326 g/mol. The molecule has 1 aromatic carbocycles. The van der Waals surface area contributed by atoms with Gasteiger partial charge < -0.3 is 9.88 Å². The van der Waals surface area contributed by atoms with Gasteiger partial charge in [0.25, 0.3) is 5.91 Å². The van der Waals surface area contributed by atoms with Crippen molar-refractivity contribution in [3.8, 4) is 6.07 Å². The summed E-state index contributed by atoms with van der Waals surface area (Å²) in [6.45, 7) is 1.85. The number of rotatable bonds is 4. The Morgan fingerprint density at radius 1 is 1.46 bits per heavy atom. The van der Waals surface area contributed by atoms with Crippen LogP contribution in [-0.4, -0.2) is 33.4 Å². The Kier molecular flexibility index (Phi) is 4.43. The zero-order valence-electron chi connectivity index (χ0n) is 14.1. The third-order valence-corrected chi connectivity index (χ3v) is 5.02. The van der Waals surface area contributed by atoms with E-state index in [1.807, 2.05) is 17.6 Å².